The van der Waals surface area contributed by atoms with Crippen molar-refractivity contribution in [2.75, 3.05) is 0 Å². The number of carbonyl (C=O) groups excluding carboxylic acids is 2. The first kappa shape index (κ1) is 16.0. The quantitative estimate of drug-likeness (QED) is 0.766. The molecule has 2 atom stereocenters. The molecule has 1 heterocycles. The van der Waals surface area contributed by atoms with Crippen LogP contribution < -0.4 is 0 Å². The van der Waals surface area contributed by atoms with Crippen molar-refractivity contribution in [3.8, 4) is 0 Å². The van der Waals surface area contributed by atoms with Crippen molar-refractivity contribution in [1.82, 2.24) is 4.90 Å². The van der Waals surface area contributed by atoms with E-state index >= 15 is 0 Å². The summed E-state index contributed by atoms with van der Waals surface area (Å²) in [5.74, 6) is -0.243. The molecule has 1 saturated heterocycles. The molecule has 0 unspecified atom stereocenters. The zero-order valence-corrected chi connectivity index (χ0v) is 13.3. The summed E-state index contributed by atoms with van der Waals surface area (Å²) in [4.78, 5) is 26.2. The summed E-state index contributed by atoms with van der Waals surface area (Å²) in [6.45, 7) is 3.63. The van der Waals surface area contributed by atoms with Gasteiger partial charge in [-0.25, -0.2) is 9.69 Å². The number of hydrogen-bond donors (Lipinski definition) is 0. The first-order valence-corrected chi connectivity index (χ1v) is 7.96. The first-order chi connectivity index (χ1) is 11.7. The van der Waals surface area contributed by atoms with Crippen LogP contribution in [0.15, 0.2) is 73.3 Å². The van der Waals surface area contributed by atoms with Crippen molar-refractivity contribution >= 4 is 12.0 Å². The predicted molar refractivity (Wildman–Crippen MR) is 91.1 cm³/mol. The van der Waals surface area contributed by atoms with E-state index in [0.717, 1.165) is 11.1 Å². The maximum absolute atomic E-state index is 12.6. The Hall–Kier alpha value is -2.88. The van der Waals surface area contributed by atoms with Gasteiger partial charge in [-0.2, -0.15) is 0 Å². The maximum atomic E-state index is 12.6. The largest absolute Gasteiger partial charge is 0.438 e. The number of amides is 2. The Labute approximate surface area is 141 Å². The van der Waals surface area contributed by atoms with Gasteiger partial charge in [-0.1, -0.05) is 66.7 Å². The minimum atomic E-state index is -0.591. The molecule has 2 aromatic rings. The Balaban J connectivity index is 2.00. The fourth-order valence-electron chi connectivity index (χ4n) is 2.95. The Morgan fingerprint density at radius 3 is 2.21 bits per heavy atom. The number of benzene rings is 2. The molecule has 0 N–H and O–H groups in total. The van der Waals surface area contributed by atoms with Gasteiger partial charge in [0.25, 0.3) is 0 Å². The number of cyclic esters (lactones) is 1. The summed E-state index contributed by atoms with van der Waals surface area (Å²) in [6.07, 6.45) is 1.34. The van der Waals surface area contributed by atoms with E-state index in [1.165, 1.54) is 4.90 Å². The molecule has 122 valence electrons. The van der Waals surface area contributed by atoms with Crippen molar-refractivity contribution in [2.45, 2.75) is 25.0 Å². The SMILES string of the molecule is C=CCCC(=O)N1C(=O)O[C@@H](c2ccccc2)[C@H]1c1ccccc1. The second-order valence-corrected chi connectivity index (χ2v) is 5.66. The molecule has 0 radical (unpaired) electrons. The molecule has 0 aliphatic carbocycles. The van der Waals surface area contributed by atoms with Gasteiger partial charge in [0, 0.05) is 6.42 Å². The summed E-state index contributed by atoms with van der Waals surface area (Å²) in [5.41, 5.74) is 1.75. The van der Waals surface area contributed by atoms with E-state index in [1.807, 2.05) is 60.7 Å². The van der Waals surface area contributed by atoms with Crippen molar-refractivity contribution < 1.29 is 14.3 Å². The molecular weight excluding hydrogens is 302 g/mol. The fourth-order valence-corrected chi connectivity index (χ4v) is 2.95. The van der Waals surface area contributed by atoms with Crippen molar-refractivity contribution in [3.05, 3.63) is 84.4 Å². The lowest BCUT2D eigenvalue weighted by atomic mass is 9.95. The third kappa shape index (κ3) is 3.08. The summed E-state index contributed by atoms with van der Waals surface area (Å²) >= 11 is 0. The second-order valence-electron chi connectivity index (χ2n) is 5.66. The van der Waals surface area contributed by atoms with Crippen LogP contribution in [-0.2, 0) is 9.53 Å². The highest BCUT2D eigenvalue weighted by Crippen LogP contribution is 2.43. The molecule has 0 bridgehead atoms. The van der Waals surface area contributed by atoms with Gasteiger partial charge in [-0.05, 0) is 17.5 Å². The van der Waals surface area contributed by atoms with Crippen molar-refractivity contribution in [1.29, 1.82) is 0 Å². The van der Waals surface area contributed by atoms with Gasteiger partial charge in [0.2, 0.25) is 5.91 Å². The molecule has 24 heavy (non-hydrogen) atoms. The van der Waals surface area contributed by atoms with E-state index in [-0.39, 0.29) is 12.3 Å². The first-order valence-electron chi connectivity index (χ1n) is 7.96. The molecule has 4 heteroatoms. The van der Waals surface area contributed by atoms with E-state index in [9.17, 15) is 9.59 Å². The summed E-state index contributed by atoms with van der Waals surface area (Å²) < 4.78 is 5.57. The minimum Gasteiger partial charge on any atom is -0.438 e. The lowest BCUT2D eigenvalue weighted by Crippen LogP contribution is -2.34. The lowest BCUT2D eigenvalue weighted by molar-refractivity contribution is -0.129. The van der Waals surface area contributed by atoms with Crippen LogP contribution in [0, 0.1) is 0 Å². The molecule has 4 nitrogen and oxygen atoms in total. The molecular formula is C20H19NO3. The van der Waals surface area contributed by atoms with Gasteiger partial charge < -0.3 is 4.74 Å². The second kappa shape index (κ2) is 7.13. The Morgan fingerprint density at radius 2 is 1.62 bits per heavy atom. The van der Waals surface area contributed by atoms with Crippen LogP contribution in [0.4, 0.5) is 4.79 Å². The molecule has 0 spiro atoms. The Kier molecular flexibility index (Phi) is 4.75. The zero-order chi connectivity index (χ0) is 16.9. The third-order valence-corrected chi connectivity index (χ3v) is 4.09. The molecule has 1 aliphatic heterocycles. The standard InChI is InChI=1S/C20H19NO3/c1-2-3-14-17(22)21-18(15-10-6-4-7-11-15)19(24-20(21)23)16-12-8-5-9-13-16/h2,4-13,18-19H,1,3,14H2/t18-,19+/m1/s1. The minimum absolute atomic E-state index is 0.240. The maximum Gasteiger partial charge on any atom is 0.417 e. The average molecular weight is 321 g/mol. The smallest absolute Gasteiger partial charge is 0.417 e. The molecule has 0 aromatic heterocycles. The average Bonchev–Trinajstić information content (AvgIpc) is 2.98. The van der Waals surface area contributed by atoms with E-state index in [4.69, 9.17) is 4.74 Å². The monoisotopic (exact) mass is 321 g/mol. The van der Waals surface area contributed by atoms with Gasteiger partial charge in [-0.3, -0.25) is 4.79 Å². The number of imide groups is 1. The number of ether oxygens (including phenoxy) is 1. The van der Waals surface area contributed by atoms with E-state index in [2.05, 4.69) is 6.58 Å². The number of allylic oxidation sites excluding steroid dienone is 1. The van der Waals surface area contributed by atoms with Crippen LogP contribution in [0.3, 0.4) is 0 Å². The third-order valence-electron chi connectivity index (χ3n) is 4.09. The van der Waals surface area contributed by atoms with Gasteiger partial charge in [0.05, 0.1) is 0 Å². The molecule has 3 rings (SSSR count). The van der Waals surface area contributed by atoms with E-state index in [0.29, 0.717) is 6.42 Å². The predicted octanol–water partition coefficient (Wildman–Crippen LogP) is 4.41. The summed E-state index contributed by atoms with van der Waals surface area (Å²) in [5, 5.41) is 0. The highest BCUT2D eigenvalue weighted by Gasteiger charge is 2.46. The van der Waals surface area contributed by atoms with Gasteiger partial charge in [0.15, 0.2) is 6.10 Å². The summed E-state index contributed by atoms with van der Waals surface area (Å²) in [6, 6.07) is 18.6. The van der Waals surface area contributed by atoms with Gasteiger partial charge in [0.1, 0.15) is 6.04 Å². The van der Waals surface area contributed by atoms with Crippen LogP contribution in [0.25, 0.3) is 0 Å². The summed E-state index contributed by atoms with van der Waals surface area (Å²) in [7, 11) is 0. The number of nitrogens with zero attached hydrogens (tertiary/aromatic N) is 1. The normalized spacial score (nSPS) is 19.8. The van der Waals surface area contributed by atoms with E-state index < -0.39 is 18.2 Å². The van der Waals surface area contributed by atoms with Crippen LogP contribution in [0.2, 0.25) is 0 Å². The highest BCUT2D eigenvalue weighted by atomic mass is 16.6. The lowest BCUT2D eigenvalue weighted by Gasteiger charge is -2.23. The van der Waals surface area contributed by atoms with E-state index in [1.54, 1.807) is 6.08 Å². The molecule has 2 aromatic carbocycles. The van der Waals surface area contributed by atoms with Crippen LogP contribution >= 0.6 is 0 Å². The zero-order valence-electron chi connectivity index (χ0n) is 13.3. The Morgan fingerprint density at radius 1 is 1.04 bits per heavy atom. The number of hydrogen-bond acceptors (Lipinski definition) is 3. The molecule has 0 saturated carbocycles. The number of rotatable bonds is 5. The number of carbonyl (C=O) groups is 2. The van der Waals surface area contributed by atoms with Gasteiger partial charge in [-0.15, -0.1) is 6.58 Å². The Bertz CT molecular complexity index is 727. The van der Waals surface area contributed by atoms with Crippen molar-refractivity contribution in [2.24, 2.45) is 0 Å². The molecule has 1 aliphatic rings. The van der Waals surface area contributed by atoms with Crippen LogP contribution in [-0.4, -0.2) is 16.9 Å². The van der Waals surface area contributed by atoms with Gasteiger partial charge >= 0.3 is 6.09 Å². The topological polar surface area (TPSA) is 46.6 Å². The molecule has 2 amide bonds. The molecule has 1 fully saturated rings. The van der Waals surface area contributed by atoms with Crippen molar-refractivity contribution in [3.63, 3.8) is 0 Å². The van der Waals surface area contributed by atoms with Crippen LogP contribution in [0.1, 0.15) is 36.1 Å². The fraction of sp³-hybridized carbons (Fsp3) is 0.200. The van der Waals surface area contributed by atoms with Crippen LogP contribution in [0.5, 0.6) is 0 Å². The highest BCUT2D eigenvalue weighted by molar-refractivity contribution is 5.94.